The molecule has 0 spiro atoms. The van der Waals surface area contributed by atoms with Gasteiger partial charge in [0, 0.05) is 31.3 Å². The number of Topliss-reactive ketones (excluding diaryl/α,β-unsaturated/α-hetero) is 1. The smallest absolute Gasteiger partial charge is 0.338 e. The number of nitrogens with one attached hydrogen (secondary N) is 1. The van der Waals surface area contributed by atoms with Crippen LogP contribution in [0.3, 0.4) is 0 Å². The molecule has 1 atom stereocenters. The van der Waals surface area contributed by atoms with Gasteiger partial charge in [-0.1, -0.05) is 17.7 Å². The van der Waals surface area contributed by atoms with Crippen molar-refractivity contribution in [3.63, 3.8) is 0 Å². The van der Waals surface area contributed by atoms with Gasteiger partial charge in [0.05, 0.1) is 22.5 Å². The summed E-state index contributed by atoms with van der Waals surface area (Å²) in [6.07, 6.45) is 4.91. The normalized spacial score (nSPS) is 15.2. The van der Waals surface area contributed by atoms with E-state index in [1.54, 1.807) is 29.1 Å². The number of rotatable bonds is 9. The number of nitrogens with zero attached hydrogens (tertiary/aromatic N) is 3. The molecule has 9 nitrogen and oxygen atoms in total. The zero-order valence-electron chi connectivity index (χ0n) is 22.7. The standard InChI is InChI=1S/C30H26ClFN4O5S/c1-18-13-23(36-17-21(31)16-35-36)14-19(2)27(18)28-26(41-42(39,40)24-8-6-22(32)7-9-24)15-20(29(28)37)10-12-34-30(38)25-5-3-4-11-33-25/h3-9,11,13-14,16-17,20H,10,12,15H2,1-2H3,(H,34,38). The highest BCUT2D eigenvalue weighted by molar-refractivity contribution is 7.86. The van der Waals surface area contributed by atoms with Crippen LogP contribution in [0.2, 0.25) is 5.02 Å². The highest BCUT2D eigenvalue weighted by Crippen LogP contribution is 2.41. The van der Waals surface area contributed by atoms with Gasteiger partial charge in [-0.3, -0.25) is 14.6 Å². The zero-order chi connectivity index (χ0) is 30.0. The molecule has 0 bridgehead atoms. The Morgan fingerprint density at radius 2 is 1.86 bits per heavy atom. The highest BCUT2D eigenvalue weighted by Gasteiger charge is 2.38. The molecule has 0 saturated heterocycles. The van der Waals surface area contributed by atoms with Crippen LogP contribution in [0.25, 0.3) is 11.3 Å². The van der Waals surface area contributed by atoms with Crippen molar-refractivity contribution in [1.29, 1.82) is 0 Å². The summed E-state index contributed by atoms with van der Waals surface area (Å²) in [6, 6.07) is 12.9. The minimum atomic E-state index is -4.38. The molecule has 0 saturated carbocycles. The Morgan fingerprint density at radius 1 is 1.14 bits per heavy atom. The van der Waals surface area contributed by atoms with Gasteiger partial charge >= 0.3 is 10.1 Å². The number of hydrogen-bond acceptors (Lipinski definition) is 7. The predicted molar refractivity (Wildman–Crippen MR) is 154 cm³/mol. The van der Waals surface area contributed by atoms with Gasteiger partial charge in [-0.15, -0.1) is 0 Å². The minimum absolute atomic E-state index is 0.00342. The number of carbonyl (C=O) groups is 2. The lowest BCUT2D eigenvalue weighted by molar-refractivity contribution is -0.116. The van der Waals surface area contributed by atoms with Gasteiger partial charge in [-0.2, -0.15) is 13.5 Å². The van der Waals surface area contributed by atoms with E-state index in [9.17, 15) is 22.4 Å². The lowest BCUT2D eigenvalue weighted by Crippen LogP contribution is -2.27. The van der Waals surface area contributed by atoms with Crippen LogP contribution in [0.15, 0.2) is 83.8 Å². The van der Waals surface area contributed by atoms with E-state index in [4.69, 9.17) is 15.8 Å². The van der Waals surface area contributed by atoms with E-state index in [0.717, 1.165) is 24.3 Å². The topological polar surface area (TPSA) is 120 Å². The molecule has 0 radical (unpaired) electrons. The fourth-order valence-electron chi connectivity index (χ4n) is 4.97. The fraction of sp³-hybridized carbons (Fsp3) is 0.200. The SMILES string of the molecule is Cc1cc(-n2cc(Cl)cn2)cc(C)c1C1=C(OS(=O)(=O)c2ccc(F)cc2)CC(CCNC(=O)c2ccccn2)C1=O. The molecule has 1 unspecified atom stereocenters. The van der Waals surface area contributed by atoms with Crippen LogP contribution in [0, 0.1) is 25.6 Å². The van der Waals surface area contributed by atoms with Crippen molar-refractivity contribution in [2.45, 2.75) is 31.6 Å². The van der Waals surface area contributed by atoms with Crippen LogP contribution < -0.4 is 5.32 Å². The first kappa shape index (κ1) is 29.2. The van der Waals surface area contributed by atoms with E-state index in [1.165, 1.54) is 12.4 Å². The summed E-state index contributed by atoms with van der Waals surface area (Å²) in [4.78, 5) is 30.1. The van der Waals surface area contributed by atoms with Crippen molar-refractivity contribution < 1.29 is 26.6 Å². The van der Waals surface area contributed by atoms with Crippen molar-refractivity contribution in [3.8, 4) is 5.69 Å². The van der Waals surface area contributed by atoms with Crippen LogP contribution >= 0.6 is 11.6 Å². The molecular weight excluding hydrogens is 583 g/mol. The average molecular weight is 609 g/mol. The van der Waals surface area contributed by atoms with Gasteiger partial charge in [0.1, 0.15) is 22.2 Å². The minimum Gasteiger partial charge on any atom is -0.383 e. The van der Waals surface area contributed by atoms with E-state index in [2.05, 4.69) is 15.4 Å². The number of halogens is 2. The second-order valence-electron chi connectivity index (χ2n) is 9.87. The molecule has 0 fully saturated rings. The van der Waals surface area contributed by atoms with Crippen molar-refractivity contribution in [1.82, 2.24) is 20.1 Å². The number of benzene rings is 2. The molecule has 5 rings (SSSR count). The molecule has 1 N–H and O–H groups in total. The molecule has 42 heavy (non-hydrogen) atoms. The van der Waals surface area contributed by atoms with Gasteiger partial charge in [0.25, 0.3) is 5.91 Å². The third-order valence-corrected chi connectivity index (χ3v) is 8.36. The number of pyridine rings is 1. The number of carbonyl (C=O) groups excluding carboxylic acids is 2. The Labute approximate surface area is 247 Å². The molecule has 2 heterocycles. The number of hydrogen-bond donors (Lipinski definition) is 1. The third-order valence-electron chi connectivity index (χ3n) is 6.90. The summed E-state index contributed by atoms with van der Waals surface area (Å²) < 4.78 is 47.0. The first-order valence-electron chi connectivity index (χ1n) is 13.0. The van der Waals surface area contributed by atoms with Gasteiger partial charge < -0.3 is 9.50 Å². The number of aromatic nitrogens is 3. The Morgan fingerprint density at radius 3 is 2.48 bits per heavy atom. The van der Waals surface area contributed by atoms with Crippen LogP contribution in [-0.2, 0) is 19.1 Å². The van der Waals surface area contributed by atoms with Gasteiger partial charge in [-0.05, 0) is 85.5 Å². The number of amides is 1. The molecule has 12 heteroatoms. The molecule has 1 amide bonds. The summed E-state index contributed by atoms with van der Waals surface area (Å²) in [5, 5.41) is 7.45. The van der Waals surface area contributed by atoms with Crippen molar-refractivity contribution in [2.75, 3.05) is 6.54 Å². The first-order chi connectivity index (χ1) is 20.0. The van der Waals surface area contributed by atoms with Crippen LogP contribution in [-0.4, -0.2) is 41.4 Å². The molecule has 1 aliphatic rings. The lowest BCUT2D eigenvalue weighted by Gasteiger charge is -2.16. The van der Waals surface area contributed by atoms with Crippen molar-refractivity contribution >= 4 is 39.0 Å². The summed E-state index contributed by atoms with van der Waals surface area (Å²) >= 11 is 6.04. The van der Waals surface area contributed by atoms with Crippen molar-refractivity contribution in [2.24, 2.45) is 5.92 Å². The maximum absolute atomic E-state index is 13.8. The zero-order valence-corrected chi connectivity index (χ0v) is 24.2. The van der Waals surface area contributed by atoms with Crippen molar-refractivity contribution in [3.05, 3.63) is 112 Å². The van der Waals surface area contributed by atoms with E-state index < -0.39 is 21.9 Å². The molecule has 216 valence electrons. The molecule has 0 aliphatic heterocycles. The Balaban J connectivity index is 1.46. The van der Waals surface area contributed by atoms with E-state index in [1.807, 2.05) is 26.0 Å². The molecule has 4 aromatic rings. The summed E-state index contributed by atoms with van der Waals surface area (Å²) in [5.74, 6) is -1.93. The van der Waals surface area contributed by atoms with E-state index >= 15 is 0 Å². The largest absolute Gasteiger partial charge is 0.383 e. The third kappa shape index (κ3) is 6.12. The van der Waals surface area contributed by atoms with Crippen LogP contribution in [0.5, 0.6) is 0 Å². The number of allylic oxidation sites excluding steroid dienone is 2. The van der Waals surface area contributed by atoms with Crippen LogP contribution in [0.4, 0.5) is 4.39 Å². The molecule has 2 aromatic heterocycles. The van der Waals surface area contributed by atoms with E-state index in [-0.39, 0.29) is 53.0 Å². The van der Waals surface area contributed by atoms with Gasteiger partial charge in [0.2, 0.25) is 0 Å². The van der Waals surface area contributed by atoms with Crippen LogP contribution in [0.1, 0.15) is 40.0 Å². The van der Waals surface area contributed by atoms with Gasteiger partial charge in [-0.25, -0.2) is 9.07 Å². The number of aryl methyl sites for hydroxylation is 2. The molecule has 2 aromatic carbocycles. The highest BCUT2D eigenvalue weighted by atomic mass is 35.5. The average Bonchev–Trinajstić information content (AvgIpc) is 3.52. The predicted octanol–water partition coefficient (Wildman–Crippen LogP) is 5.20. The van der Waals surface area contributed by atoms with E-state index in [0.29, 0.717) is 27.4 Å². The monoisotopic (exact) mass is 608 g/mol. The summed E-state index contributed by atoms with van der Waals surface area (Å²) in [6.45, 7) is 3.78. The lowest BCUT2D eigenvalue weighted by atomic mass is 9.91. The quantitative estimate of drug-likeness (QED) is 0.259. The maximum Gasteiger partial charge on any atom is 0.338 e. The summed E-state index contributed by atoms with van der Waals surface area (Å²) in [5.41, 5.74) is 3.05. The number of ketones is 1. The maximum atomic E-state index is 13.8. The molecule has 1 aliphatic carbocycles. The fourth-order valence-corrected chi connectivity index (χ4v) is 6.09. The second-order valence-corrected chi connectivity index (χ2v) is 11.9. The Hall–Kier alpha value is -4.35. The summed E-state index contributed by atoms with van der Waals surface area (Å²) in [7, 11) is -4.38. The Bertz CT molecular complexity index is 1780. The second kappa shape index (κ2) is 11.9. The molecular formula is C30H26ClFN4O5S. The Kier molecular flexibility index (Phi) is 8.24. The van der Waals surface area contributed by atoms with Gasteiger partial charge in [0.15, 0.2) is 5.78 Å². The first-order valence-corrected chi connectivity index (χ1v) is 14.8.